The van der Waals surface area contributed by atoms with Crippen LogP contribution in [0.15, 0.2) is 253 Å². The Bertz CT molecular complexity index is 4110. The minimum atomic E-state index is -2.92. The van der Waals surface area contributed by atoms with Crippen LogP contribution in [0, 0.1) is 0 Å². The number of hydrogen-bond acceptors (Lipinski definition) is 4. The Morgan fingerprint density at radius 1 is 0.314 bits per heavy atom. The van der Waals surface area contributed by atoms with Crippen molar-refractivity contribution in [1.29, 1.82) is 0 Å². The van der Waals surface area contributed by atoms with Crippen LogP contribution >= 0.6 is 0 Å². The summed E-state index contributed by atoms with van der Waals surface area (Å²) in [5.41, 5.74) is 8.46. The summed E-state index contributed by atoms with van der Waals surface area (Å²) < 4.78 is 11.2. The predicted octanol–water partition coefficient (Wildman–Crippen LogP) is 12.7. The largest absolute Gasteiger partial charge is 0.456 e. The number of furan rings is 1. The summed E-state index contributed by atoms with van der Waals surface area (Å²) in [7, 11) is -2.92. The number of para-hydroxylation sites is 5. The van der Waals surface area contributed by atoms with Crippen molar-refractivity contribution in [2.45, 2.75) is 0 Å². The molecule has 6 nitrogen and oxygen atoms in total. The van der Waals surface area contributed by atoms with Crippen LogP contribution in [0.1, 0.15) is 0 Å². The Labute approximate surface area is 404 Å². The zero-order chi connectivity index (χ0) is 46.2. The van der Waals surface area contributed by atoms with E-state index in [1.165, 1.54) is 20.7 Å². The van der Waals surface area contributed by atoms with Gasteiger partial charge < -0.3 is 8.98 Å². The molecular formula is C63H41N5OSi. The molecule has 0 bridgehead atoms. The number of fused-ring (bicyclic) bond motifs is 9. The first-order valence-corrected chi connectivity index (χ1v) is 25.7. The molecule has 14 aromatic rings. The molecule has 0 atom stereocenters. The Morgan fingerprint density at radius 2 is 0.757 bits per heavy atom. The van der Waals surface area contributed by atoms with E-state index in [2.05, 4.69) is 246 Å². The van der Waals surface area contributed by atoms with Gasteiger partial charge in [0, 0.05) is 49.5 Å². The predicted molar refractivity (Wildman–Crippen MR) is 290 cm³/mol. The molecule has 10 aromatic carbocycles. The van der Waals surface area contributed by atoms with Crippen LogP contribution in [0.2, 0.25) is 0 Å². The van der Waals surface area contributed by atoms with E-state index in [1.807, 2.05) is 12.1 Å². The van der Waals surface area contributed by atoms with Crippen molar-refractivity contribution in [3.63, 3.8) is 0 Å². The molecule has 0 aliphatic carbocycles. The lowest BCUT2D eigenvalue weighted by Gasteiger charge is -2.34. The molecule has 0 saturated carbocycles. The normalized spacial score (nSPS) is 12.0. The first-order valence-electron chi connectivity index (χ1n) is 23.7. The SMILES string of the molecule is c1ccc([Si](c2ccccc2)(c2ccccc2)c2cccc(-c3nc(-c4cc5c(cc4-n4c6ccccc6c6ccccc64)oc4ccccc45)nc(-n4c5ccccc5c5ccccc54)n3)c2)cc1. The van der Waals surface area contributed by atoms with Gasteiger partial charge in [0.25, 0.3) is 0 Å². The Morgan fingerprint density at radius 3 is 1.30 bits per heavy atom. The van der Waals surface area contributed by atoms with Gasteiger partial charge in [-0.25, -0.2) is 4.98 Å². The molecule has 0 spiro atoms. The standard InChI is InChI=1S/C63H41N5OSi/c1-4-22-43(23-5-1)70(44-24-6-2-7-25-44,45-26-8-3-9-27-45)46-28-20-21-42(39-46)61-64-62(66-63(65-61)68-56-36-17-12-31-49(56)50-32-13-18-37-57(50)68)53-40-52-51-33-14-19-38-59(51)69-60(52)41-58(53)67-54-34-15-10-29-47(54)48-30-11-16-35-55(48)67/h1-41H. The molecule has 4 heterocycles. The summed E-state index contributed by atoms with van der Waals surface area (Å²) in [5, 5.41) is 11.7. The zero-order valence-electron chi connectivity index (χ0n) is 37.8. The van der Waals surface area contributed by atoms with Crippen molar-refractivity contribution in [3.05, 3.63) is 249 Å². The Hall–Kier alpha value is -9.17. The van der Waals surface area contributed by atoms with E-state index in [0.29, 0.717) is 17.6 Å². The molecule has 4 aromatic heterocycles. The molecule has 0 radical (unpaired) electrons. The van der Waals surface area contributed by atoms with Crippen LogP contribution in [0.5, 0.6) is 0 Å². The van der Waals surface area contributed by atoms with Crippen LogP contribution in [0.25, 0.3) is 100.0 Å². The second-order valence-corrected chi connectivity index (χ2v) is 21.7. The van der Waals surface area contributed by atoms with Gasteiger partial charge >= 0.3 is 0 Å². The van der Waals surface area contributed by atoms with Gasteiger partial charge in [0.2, 0.25) is 5.95 Å². The lowest BCUT2D eigenvalue weighted by Crippen LogP contribution is -2.74. The number of nitrogens with zero attached hydrogens (tertiary/aromatic N) is 5. The van der Waals surface area contributed by atoms with Crippen LogP contribution in [0.4, 0.5) is 0 Å². The van der Waals surface area contributed by atoms with Gasteiger partial charge in [-0.2, -0.15) is 9.97 Å². The maximum atomic E-state index is 6.67. The third-order valence-electron chi connectivity index (χ3n) is 14.1. The van der Waals surface area contributed by atoms with Crippen LogP contribution < -0.4 is 20.7 Å². The van der Waals surface area contributed by atoms with Crippen molar-refractivity contribution in [3.8, 4) is 34.4 Å². The molecule has 0 fully saturated rings. The summed E-state index contributed by atoms with van der Waals surface area (Å²) in [6.45, 7) is 0. The van der Waals surface area contributed by atoms with Crippen molar-refractivity contribution in [2.24, 2.45) is 0 Å². The minimum Gasteiger partial charge on any atom is -0.456 e. The fourth-order valence-electron chi connectivity index (χ4n) is 11.1. The van der Waals surface area contributed by atoms with E-state index in [1.54, 1.807) is 0 Å². The maximum Gasteiger partial charge on any atom is 0.238 e. The van der Waals surface area contributed by atoms with Crippen LogP contribution in [-0.4, -0.2) is 32.2 Å². The van der Waals surface area contributed by atoms with Crippen molar-refractivity contribution in [1.82, 2.24) is 24.1 Å². The van der Waals surface area contributed by atoms with Crippen molar-refractivity contribution in [2.75, 3.05) is 0 Å². The molecule has 70 heavy (non-hydrogen) atoms. The Balaban J connectivity index is 1.10. The van der Waals surface area contributed by atoms with Crippen LogP contribution in [-0.2, 0) is 0 Å². The van der Waals surface area contributed by atoms with Gasteiger partial charge in [0.05, 0.1) is 27.8 Å². The summed E-state index contributed by atoms with van der Waals surface area (Å²) in [4.78, 5) is 16.8. The lowest BCUT2D eigenvalue weighted by molar-refractivity contribution is 0.668. The van der Waals surface area contributed by atoms with E-state index < -0.39 is 8.07 Å². The van der Waals surface area contributed by atoms with Gasteiger partial charge in [-0.15, -0.1) is 0 Å². The number of benzene rings is 10. The highest BCUT2D eigenvalue weighted by Gasteiger charge is 2.41. The number of aromatic nitrogens is 5. The van der Waals surface area contributed by atoms with Gasteiger partial charge in [-0.05, 0) is 57.1 Å². The molecule has 0 aliphatic heterocycles. The van der Waals surface area contributed by atoms with Gasteiger partial charge in [-0.1, -0.05) is 206 Å². The molecule has 14 rings (SSSR count). The average Bonchev–Trinajstić information content (AvgIpc) is 4.09. The third-order valence-corrected chi connectivity index (χ3v) is 18.9. The van der Waals surface area contributed by atoms with E-state index in [4.69, 9.17) is 19.4 Å². The zero-order valence-corrected chi connectivity index (χ0v) is 38.8. The third kappa shape index (κ3) is 6.08. The topological polar surface area (TPSA) is 61.7 Å². The highest BCUT2D eigenvalue weighted by molar-refractivity contribution is 7.19. The first kappa shape index (κ1) is 39.9. The molecule has 328 valence electrons. The first-order chi connectivity index (χ1) is 34.7. The van der Waals surface area contributed by atoms with Gasteiger partial charge in [0.15, 0.2) is 19.7 Å². The second kappa shape index (κ2) is 16.0. The number of rotatable bonds is 8. The maximum absolute atomic E-state index is 6.67. The van der Waals surface area contributed by atoms with Crippen molar-refractivity contribution < 1.29 is 4.42 Å². The fraction of sp³-hybridized carbons (Fsp3) is 0. The average molecular weight is 912 g/mol. The van der Waals surface area contributed by atoms with Crippen molar-refractivity contribution >= 4 is 94.4 Å². The fourth-order valence-corrected chi connectivity index (χ4v) is 15.9. The molecule has 0 N–H and O–H groups in total. The van der Waals surface area contributed by atoms with Crippen LogP contribution in [0.3, 0.4) is 0 Å². The van der Waals surface area contributed by atoms with Gasteiger partial charge in [0.1, 0.15) is 11.2 Å². The minimum absolute atomic E-state index is 0.533. The van der Waals surface area contributed by atoms with E-state index in [-0.39, 0.29) is 0 Å². The van der Waals surface area contributed by atoms with E-state index >= 15 is 0 Å². The quantitative estimate of drug-likeness (QED) is 0.113. The highest BCUT2D eigenvalue weighted by Crippen LogP contribution is 2.41. The molecule has 0 aliphatic rings. The van der Waals surface area contributed by atoms with E-state index in [9.17, 15) is 0 Å². The Kier molecular flexibility index (Phi) is 9.12. The summed E-state index contributed by atoms with van der Waals surface area (Å²) in [6.07, 6.45) is 0. The summed E-state index contributed by atoms with van der Waals surface area (Å²) >= 11 is 0. The summed E-state index contributed by atoms with van der Waals surface area (Å²) in [6, 6.07) is 89.0. The summed E-state index contributed by atoms with van der Waals surface area (Å²) in [5.74, 6) is 1.66. The second-order valence-electron chi connectivity index (χ2n) is 17.9. The molecule has 7 heteroatoms. The molecule has 0 saturated heterocycles. The van der Waals surface area contributed by atoms with E-state index in [0.717, 1.165) is 82.4 Å². The lowest BCUT2D eigenvalue weighted by atomic mass is 10.1. The smallest absolute Gasteiger partial charge is 0.238 e. The molecule has 0 amide bonds. The molecule has 0 unspecified atom stereocenters. The highest BCUT2D eigenvalue weighted by atomic mass is 28.3. The van der Waals surface area contributed by atoms with Gasteiger partial charge in [-0.3, -0.25) is 4.57 Å². The monoisotopic (exact) mass is 911 g/mol. The number of hydrogen-bond donors (Lipinski definition) is 0. The molecular weight excluding hydrogens is 871 g/mol.